The molecule has 5 nitrogen and oxygen atoms in total. The van der Waals surface area contributed by atoms with Crippen molar-refractivity contribution in [3.05, 3.63) is 48.4 Å². The monoisotopic (exact) mass is 588 g/mol. The van der Waals surface area contributed by atoms with Gasteiger partial charge in [-0.1, -0.05) is 0 Å². The van der Waals surface area contributed by atoms with Crippen molar-refractivity contribution < 1.29 is 23.1 Å². The Bertz CT molecular complexity index is 889. The maximum absolute atomic E-state index is 12.9. The van der Waals surface area contributed by atoms with Crippen molar-refractivity contribution in [1.29, 1.82) is 0 Å². The lowest BCUT2D eigenvalue weighted by Gasteiger charge is -2.12. The molecule has 0 spiro atoms. The van der Waals surface area contributed by atoms with Crippen molar-refractivity contribution in [2.45, 2.75) is 16.2 Å². The molecule has 0 aliphatic heterocycles. The molecule has 0 saturated heterocycles. The number of benzene rings is 2. The molecule has 0 amide bonds. The number of sulfone groups is 1. The molecule has 0 aliphatic rings. The molecule has 0 unspecified atom stereocenters. The molecule has 0 bridgehead atoms. The molecular weight excluding hydrogens is 579 g/mol. The molecule has 1 N–H and O–H groups in total. The summed E-state index contributed by atoms with van der Waals surface area (Å²) in [6, 6.07) is 7.21. The number of ether oxygens (including phenoxy) is 1. The maximum Gasteiger partial charge on any atom is 0.309 e. The average Bonchev–Trinajstić information content (AvgIpc) is 2.48. The first-order valence-corrected chi connectivity index (χ1v) is 10.6. The van der Waals surface area contributed by atoms with E-state index in [4.69, 9.17) is 0 Å². The van der Waals surface area contributed by atoms with E-state index < -0.39 is 15.8 Å². The van der Waals surface area contributed by atoms with Gasteiger partial charge in [-0.3, -0.25) is 4.79 Å². The fourth-order valence-corrected chi connectivity index (χ4v) is 6.66. The number of hydrogen-bond acceptors (Lipinski definition) is 5. The predicted molar refractivity (Wildman–Crippen MR) is 104 cm³/mol. The molecular formula is C15H11Br2IO5S. The molecule has 0 atom stereocenters. The van der Waals surface area contributed by atoms with Crippen LogP contribution >= 0.6 is 54.5 Å². The van der Waals surface area contributed by atoms with Gasteiger partial charge in [0.1, 0.15) is 10.6 Å². The summed E-state index contributed by atoms with van der Waals surface area (Å²) in [5, 5.41) is 9.57. The van der Waals surface area contributed by atoms with E-state index >= 15 is 0 Å². The maximum atomic E-state index is 12.9. The highest BCUT2D eigenvalue weighted by molar-refractivity contribution is 14.1. The highest BCUT2D eigenvalue weighted by atomic mass is 127. The zero-order chi connectivity index (χ0) is 18.1. The number of phenolic OH excluding ortho intramolecular Hbond substituents is 1. The van der Waals surface area contributed by atoms with Crippen LogP contribution in [0.15, 0.2) is 49.1 Å². The minimum atomic E-state index is -3.82. The van der Waals surface area contributed by atoms with Crippen LogP contribution in [0.1, 0.15) is 5.56 Å². The van der Waals surface area contributed by atoms with E-state index in [2.05, 4.69) is 36.6 Å². The fourth-order valence-electron chi connectivity index (χ4n) is 1.98. The van der Waals surface area contributed by atoms with Crippen molar-refractivity contribution in [1.82, 2.24) is 0 Å². The van der Waals surface area contributed by atoms with Gasteiger partial charge in [-0.15, -0.1) is 0 Å². The van der Waals surface area contributed by atoms with E-state index in [0.717, 1.165) is 0 Å². The van der Waals surface area contributed by atoms with Gasteiger partial charge in [-0.25, -0.2) is 8.42 Å². The highest BCUT2D eigenvalue weighted by Crippen LogP contribution is 2.36. The van der Waals surface area contributed by atoms with Gasteiger partial charge < -0.3 is 9.84 Å². The Morgan fingerprint density at radius 2 is 1.79 bits per heavy atom. The largest absolute Gasteiger partial charge is 0.507 e. The molecule has 24 heavy (non-hydrogen) atoms. The van der Waals surface area contributed by atoms with Crippen LogP contribution in [-0.2, 0) is 25.8 Å². The summed E-state index contributed by atoms with van der Waals surface area (Å²) in [5.41, 5.74) is 0.611. The number of esters is 1. The summed E-state index contributed by atoms with van der Waals surface area (Å²) in [5.74, 6) is -0.404. The van der Waals surface area contributed by atoms with Gasteiger partial charge in [0.05, 0.1) is 22.0 Å². The quantitative estimate of drug-likeness (QED) is 0.430. The first-order chi connectivity index (χ1) is 11.2. The number of carbonyl (C=O) groups is 1. The Kier molecular flexibility index (Phi) is 6.32. The molecule has 2 aromatic rings. The molecule has 9 heteroatoms. The molecule has 128 valence electrons. The van der Waals surface area contributed by atoms with Crippen LogP contribution in [0, 0.1) is 3.57 Å². The van der Waals surface area contributed by atoms with Crippen molar-refractivity contribution in [2.24, 2.45) is 0 Å². The third-order valence-electron chi connectivity index (χ3n) is 3.13. The standard InChI is InChI=1S/C15H11Br2IO5S/c1-23-14(20)6-8-4-10(16)15(11(17)5-8)24(21,22)9-2-3-13(19)12(18)7-9/h2-5,7,19H,6H2,1H3. The number of methoxy groups -OCH3 is 1. The molecule has 2 rings (SSSR count). The van der Waals surface area contributed by atoms with Crippen molar-refractivity contribution >= 4 is 70.3 Å². The molecule has 0 radical (unpaired) electrons. The van der Waals surface area contributed by atoms with Crippen LogP contribution in [0.4, 0.5) is 0 Å². The summed E-state index contributed by atoms with van der Waals surface area (Å²) in [6.07, 6.45) is 0.0329. The van der Waals surface area contributed by atoms with Gasteiger partial charge in [0.15, 0.2) is 0 Å². The SMILES string of the molecule is COC(=O)Cc1cc(Br)c(S(=O)(=O)c2ccc(O)c(I)c2)c(Br)c1. The topological polar surface area (TPSA) is 80.7 Å². The van der Waals surface area contributed by atoms with Crippen LogP contribution in [0.25, 0.3) is 0 Å². The normalized spacial score (nSPS) is 11.3. The van der Waals surface area contributed by atoms with Crippen LogP contribution < -0.4 is 0 Å². The minimum absolute atomic E-state index is 0.0149. The Morgan fingerprint density at radius 1 is 1.21 bits per heavy atom. The van der Waals surface area contributed by atoms with Gasteiger partial charge in [-0.2, -0.15) is 0 Å². The average molecular weight is 590 g/mol. The number of phenols is 1. The number of halogens is 3. The first kappa shape index (κ1) is 19.7. The van der Waals surface area contributed by atoms with Crippen molar-refractivity contribution in [3.63, 3.8) is 0 Å². The van der Waals surface area contributed by atoms with Crippen molar-refractivity contribution in [3.8, 4) is 5.75 Å². The van der Waals surface area contributed by atoms with E-state index in [9.17, 15) is 18.3 Å². The molecule has 2 aromatic carbocycles. The van der Waals surface area contributed by atoms with Gasteiger partial charge in [0.2, 0.25) is 9.84 Å². The summed E-state index contributed by atoms with van der Waals surface area (Å²) in [6.45, 7) is 0. The second-order valence-corrected chi connectivity index (χ2v) is 9.52. The summed E-state index contributed by atoms with van der Waals surface area (Å²) < 4.78 is 31.5. The van der Waals surface area contributed by atoms with Gasteiger partial charge in [0, 0.05) is 8.95 Å². The number of hydrogen-bond donors (Lipinski definition) is 1. The summed E-state index contributed by atoms with van der Waals surface area (Å²) in [7, 11) is -2.53. The molecule has 0 aliphatic carbocycles. The van der Waals surface area contributed by atoms with Crippen LogP contribution in [0.2, 0.25) is 0 Å². The summed E-state index contributed by atoms with van der Waals surface area (Å²) in [4.78, 5) is 11.5. The minimum Gasteiger partial charge on any atom is -0.507 e. The molecule has 0 aromatic heterocycles. The Balaban J connectivity index is 2.54. The summed E-state index contributed by atoms with van der Waals surface area (Å²) >= 11 is 8.39. The molecule has 0 fully saturated rings. The first-order valence-electron chi connectivity index (χ1n) is 6.45. The highest BCUT2D eigenvalue weighted by Gasteiger charge is 2.25. The molecule has 0 heterocycles. The Morgan fingerprint density at radius 3 is 2.29 bits per heavy atom. The van der Waals surface area contributed by atoms with Crippen LogP contribution in [-0.4, -0.2) is 26.6 Å². The second kappa shape index (κ2) is 7.71. The Hall–Kier alpha value is -0.650. The van der Waals surface area contributed by atoms with E-state index in [1.54, 1.807) is 12.1 Å². The number of carbonyl (C=O) groups excluding carboxylic acids is 1. The zero-order valence-corrected chi connectivity index (χ0v) is 18.4. The van der Waals surface area contributed by atoms with Crippen LogP contribution in [0.5, 0.6) is 5.75 Å². The van der Waals surface area contributed by atoms with E-state index in [1.165, 1.54) is 25.3 Å². The molecule has 0 saturated carbocycles. The second-order valence-electron chi connectivity index (χ2n) is 4.76. The lowest BCUT2D eigenvalue weighted by atomic mass is 10.1. The fraction of sp³-hybridized carbons (Fsp3) is 0.133. The van der Waals surface area contributed by atoms with E-state index in [1.807, 2.05) is 22.6 Å². The predicted octanol–water partition coefficient (Wildman–Crippen LogP) is 4.07. The number of rotatable bonds is 4. The van der Waals surface area contributed by atoms with Gasteiger partial charge in [-0.05, 0) is 90.3 Å². The lowest BCUT2D eigenvalue weighted by molar-refractivity contribution is -0.139. The van der Waals surface area contributed by atoms with Crippen molar-refractivity contribution in [2.75, 3.05) is 7.11 Å². The third kappa shape index (κ3) is 4.12. The third-order valence-corrected chi connectivity index (χ3v) is 7.62. The van der Waals surface area contributed by atoms with E-state index in [0.29, 0.717) is 18.1 Å². The lowest BCUT2D eigenvalue weighted by Crippen LogP contribution is -2.08. The van der Waals surface area contributed by atoms with Gasteiger partial charge >= 0.3 is 5.97 Å². The number of aromatic hydroxyl groups is 1. The zero-order valence-electron chi connectivity index (χ0n) is 12.2. The Labute approximate surface area is 169 Å². The van der Waals surface area contributed by atoms with E-state index in [-0.39, 0.29) is 22.0 Å². The smallest absolute Gasteiger partial charge is 0.309 e. The van der Waals surface area contributed by atoms with Crippen LogP contribution in [0.3, 0.4) is 0 Å². The van der Waals surface area contributed by atoms with Gasteiger partial charge in [0.25, 0.3) is 0 Å².